The number of hydrogen-bond acceptors (Lipinski definition) is 1. The summed E-state index contributed by atoms with van der Waals surface area (Å²) in [5.41, 5.74) is 15.2. The first-order chi connectivity index (χ1) is 21.3. The van der Waals surface area contributed by atoms with E-state index in [9.17, 15) is 0 Å². The predicted molar refractivity (Wildman–Crippen MR) is 186 cm³/mol. The van der Waals surface area contributed by atoms with Crippen LogP contribution in [0.1, 0.15) is 0 Å². The molecule has 0 fully saturated rings. The van der Waals surface area contributed by atoms with Gasteiger partial charge in [0.2, 0.25) is 0 Å². The number of rotatable bonds is 2. The van der Waals surface area contributed by atoms with Crippen LogP contribution >= 0.6 is 11.3 Å². The second-order valence-electron chi connectivity index (χ2n) is 11.2. The van der Waals surface area contributed by atoms with Gasteiger partial charge in [-0.05, 0) is 78.9 Å². The largest absolute Gasteiger partial charge is 0.135 e. The van der Waals surface area contributed by atoms with E-state index in [4.69, 9.17) is 0 Å². The van der Waals surface area contributed by atoms with Crippen molar-refractivity contribution in [3.05, 3.63) is 158 Å². The van der Waals surface area contributed by atoms with Crippen LogP contribution in [0.15, 0.2) is 158 Å². The summed E-state index contributed by atoms with van der Waals surface area (Å²) in [7, 11) is 0. The molecule has 7 aromatic carbocycles. The Morgan fingerprint density at radius 2 is 0.744 bits per heavy atom. The Kier molecular flexibility index (Phi) is 5.47. The Balaban J connectivity index is 1.31. The average molecular weight is 563 g/mol. The van der Waals surface area contributed by atoms with Crippen LogP contribution in [0.5, 0.6) is 0 Å². The molecule has 8 aromatic rings. The Bertz CT molecular complexity index is 2350. The van der Waals surface area contributed by atoms with E-state index in [1.807, 2.05) is 11.3 Å². The molecule has 1 aromatic heterocycles. The van der Waals surface area contributed by atoms with Crippen molar-refractivity contribution in [2.24, 2.45) is 0 Å². The van der Waals surface area contributed by atoms with Crippen LogP contribution in [0.2, 0.25) is 0 Å². The zero-order valence-corrected chi connectivity index (χ0v) is 24.2. The summed E-state index contributed by atoms with van der Waals surface area (Å²) in [5, 5.41) is 2.66. The van der Waals surface area contributed by atoms with Crippen LogP contribution in [-0.2, 0) is 0 Å². The number of fused-ring (bicyclic) bond motifs is 11. The van der Waals surface area contributed by atoms with E-state index in [0.717, 1.165) is 0 Å². The van der Waals surface area contributed by atoms with Crippen molar-refractivity contribution < 1.29 is 0 Å². The van der Waals surface area contributed by atoms with Crippen molar-refractivity contribution in [1.29, 1.82) is 0 Å². The summed E-state index contributed by atoms with van der Waals surface area (Å²) in [5.74, 6) is 0. The van der Waals surface area contributed by atoms with Crippen LogP contribution < -0.4 is 0 Å². The predicted octanol–water partition coefficient (Wildman–Crippen LogP) is 12.4. The van der Waals surface area contributed by atoms with Crippen LogP contribution in [0.3, 0.4) is 0 Å². The van der Waals surface area contributed by atoms with Gasteiger partial charge in [0.15, 0.2) is 0 Å². The first-order valence-corrected chi connectivity index (χ1v) is 15.6. The lowest BCUT2D eigenvalue weighted by atomic mass is 9.78. The molecule has 1 heteroatoms. The van der Waals surface area contributed by atoms with Gasteiger partial charge in [-0.1, -0.05) is 146 Å². The molecule has 0 N–H and O–H groups in total. The highest BCUT2D eigenvalue weighted by atomic mass is 32.1. The minimum absolute atomic E-state index is 1.23. The molecular weight excluding hydrogens is 537 g/mol. The highest BCUT2D eigenvalue weighted by Crippen LogP contribution is 2.50. The van der Waals surface area contributed by atoms with Gasteiger partial charge in [0.1, 0.15) is 0 Å². The average Bonchev–Trinajstić information content (AvgIpc) is 3.46. The monoisotopic (exact) mass is 562 g/mol. The van der Waals surface area contributed by atoms with Crippen molar-refractivity contribution in [3.8, 4) is 66.8 Å². The van der Waals surface area contributed by atoms with Gasteiger partial charge in [-0.2, -0.15) is 0 Å². The fourth-order valence-corrected chi connectivity index (χ4v) is 8.22. The third-order valence-electron chi connectivity index (χ3n) is 8.87. The molecule has 0 aliphatic heterocycles. The summed E-state index contributed by atoms with van der Waals surface area (Å²) in [6.45, 7) is 0. The minimum Gasteiger partial charge on any atom is -0.135 e. The molecule has 43 heavy (non-hydrogen) atoms. The lowest BCUT2D eigenvalue weighted by Gasteiger charge is -2.25. The van der Waals surface area contributed by atoms with Crippen molar-refractivity contribution in [2.75, 3.05) is 0 Å². The lowest BCUT2D eigenvalue weighted by Crippen LogP contribution is -1.98. The van der Waals surface area contributed by atoms with E-state index in [1.165, 1.54) is 86.9 Å². The van der Waals surface area contributed by atoms with E-state index < -0.39 is 0 Å². The highest BCUT2D eigenvalue weighted by Gasteiger charge is 2.24. The molecule has 9 rings (SSSR count). The molecular formula is C42H26S. The fraction of sp³-hybridized carbons (Fsp3) is 0. The Morgan fingerprint density at radius 1 is 0.302 bits per heavy atom. The van der Waals surface area contributed by atoms with Gasteiger partial charge in [0.05, 0.1) is 0 Å². The zero-order chi connectivity index (χ0) is 28.3. The first-order valence-electron chi connectivity index (χ1n) is 14.8. The molecule has 0 atom stereocenters. The number of benzene rings is 7. The second-order valence-corrected chi connectivity index (χ2v) is 12.3. The highest BCUT2D eigenvalue weighted by molar-refractivity contribution is 7.26. The third kappa shape index (κ3) is 3.75. The van der Waals surface area contributed by atoms with Crippen LogP contribution in [-0.4, -0.2) is 0 Å². The van der Waals surface area contributed by atoms with E-state index >= 15 is 0 Å². The molecule has 0 bridgehead atoms. The van der Waals surface area contributed by atoms with Crippen molar-refractivity contribution in [1.82, 2.24) is 0 Å². The topological polar surface area (TPSA) is 0 Å². The second kappa shape index (κ2) is 9.66. The van der Waals surface area contributed by atoms with Crippen molar-refractivity contribution >= 4 is 31.5 Å². The summed E-state index contributed by atoms with van der Waals surface area (Å²) in [4.78, 5) is 0. The Hall–Kier alpha value is -5.24. The molecule has 0 saturated heterocycles. The van der Waals surface area contributed by atoms with Crippen LogP contribution in [0.4, 0.5) is 0 Å². The van der Waals surface area contributed by atoms with Crippen LogP contribution in [0.25, 0.3) is 86.9 Å². The summed E-state index contributed by atoms with van der Waals surface area (Å²) >= 11 is 1.89. The Labute approximate surface area is 255 Å². The fourth-order valence-electron chi connectivity index (χ4n) is 6.98. The van der Waals surface area contributed by atoms with Gasteiger partial charge in [0, 0.05) is 20.2 Å². The molecule has 0 saturated carbocycles. The SMILES string of the molecule is c1cc(-c2cccc3c2-c2ccccc2-c2ccccc2-c2ccccc2-3)cc(-c2cccc3c2sc2ccccc23)c1. The quantitative estimate of drug-likeness (QED) is 0.197. The summed E-state index contributed by atoms with van der Waals surface area (Å²) in [6.07, 6.45) is 0. The minimum atomic E-state index is 1.23. The van der Waals surface area contributed by atoms with Crippen LogP contribution in [0, 0.1) is 0 Å². The van der Waals surface area contributed by atoms with Crippen molar-refractivity contribution in [2.45, 2.75) is 0 Å². The smallest absolute Gasteiger partial charge is 0.0433 e. The summed E-state index contributed by atoms with van der Waals surface area (Å²) in [6, 6.07) is 58.0. The molecule has 0 spiro atoms. The van der Waals surface area contributed by atoms with Gasteiger partial charge in [-0.25, -0.2) is 0 Å². The molecule has 0 radical (unpaired) electrons. The third-order valence-corrected chi connectivity index (χ3v) is 10.1. The van der Waals surface area contributed by atoms with Crippen molar-refractivity contribution in [3.63, 3.8) is 0 Å². The summed E-state index contributed by atoms with van der Waals surface area (Å²) < 4.78 is 2.68. The standard InChI is InChI=1S/C42H26S/c1-2-15-32-31(14-1)33-16-3-4-17-35(33)38-23-10-21-29(41(38)37-20-6-5-18-34(32)37)27-12-9-13-28(26-27)30-22-11-24-39-36-19-7-8-25-40(36)43-42(30)39/h1-26H. The maximum Gasteiger partial charge on any atom is 0.0433 e. The maximum absolute atomic E-state index is 2.38. The first kappa shape index (κ1) is 24.4. The number of hydrogen-bond donors (Lipinski definition) is 0. The van der Waals surface area contributed by atoms with E-state index in [1.54, 1.807) is 0 Å². The Morgan fingerprint density at radius 3 is 1.47 bits per heavy atom. The molecule has 200 valence electrons. The molecule has 1 aliphatic carbocycles. The van der Waals surface area contributed by atoms with Gasteiger partial charge >= 0.3 is 0 Å². The van der Waals surface area contributed by atoms with E-state index in [0.29, 0.717) is 0 Å². The zero-order valence-electron chi connectivity index (χ0n) is 23.4. The van der Waals surface area contributed by atoms with Gasteiger partial charge in [0.25, 0.3) is 0 Å². The molecule has 0 amide bonds. The lowest BCUT2D eigenvalue weighted by molar-refractivity contribution is 1.51. The van der Waals surface area contributed by atoms with Gasteiger partial charge in [-0.3, -0.25) is 0 Å². The van der Waals surface area contributed by atoms with Gasteiger partial charge in [-0.15, -0.1) is 11.3 Å². The van der Waals surface area contributed by atoms with Gasteiger partial charge < -0.3 is 0 Å². The van der Waals surface area contributed by atoms with E-state index in [2.05, 4.69) is 158 Å². The number of thiophene rings is 1. The molecule has 0 unspecified atom stereocenters. The maximum atomic E-state index is 2.38. The normalized spacial score (nSPS) is 11.7. The van der Waals surface area contributed by atoms with E-state index in [-0.39, 0.29) is 0 Å². The molecule has 1 heterocycles. The molecule has 1 aliphatic rings. The molecule has 0 nitrogen and oxygen atoms in total.